The third-order valence-corrected chi connectivity index (χ3v) is 2.90. The number of rotatable bonds is 2. The maximum atomic E-state index is 11.7. The van der Waals surface area contributed by atoms with Crippen LogP contribution in [-0.4, -0.2) is 24.0 Å². The summed E-state index contributed by atoms with van der Waals surface area (Å²) in [5.74, 6) is 0.185. The zero-order valence-corrected chi connectivity index (χ0v) is 8.86. The predicted molar refractivity (Wildman–Crippen MR) is 59.2 cm³/mol. The summed E-state index contributed by atoms with van der Waals surface area (Å²) in [5.41, 5.74) is 2.54. The van der Waals surface area contributed by atoms with E-state index in [1.54, 1.807) is 0 Å². The zero-order valence-electron chi connectivity index (χ0n) is 8.86. The Bertz CT molecular complexity index is 387. The number of ketones is 1. The molecule has 0 aliphatic carbocycles. The minimum Gasteiger partial charge on any atom is -0.392 e. The molecule has 0 saturated heterocycles. The van der Waals surface area contributed by atoms with Gasteiger partial charge in [0.1, 0.15) is 0 Å². The molecule has 0 amide bonds. The number of fused-ring (bicyclic) bond motifs is 1. The van der Waals surface area contributed by atoms with E-state index in [0.29, 0.717) is 6.42 Å². The van der Waals surface area contributed by atoms with Crippen molar-refractivity contribution < 1.29 is 9.90 Å². The molecule has 0 atom stereocenters. The second-order valence-electron chi connectivity index (χ2n) is 3.72. The number of hydrogen-bond acceptors (Lipinski definition) is 3. The second kappa shape index (κ2) is 4.03. The van der Waals surface area contributed by atoms with Crippen LogP contribution in [0.25, 0.3) is 0 Å². The summed E-state index contributed by atoms with van der Waals surface area (Å²) in [6.07, 6.45) is 0.579. The highest BCUT2D eigenvalue weighted by molar-refractivity contribution is 6.04. The molecule has 15 heavy (non-hydrogen) atoms. The molecule has 1 aliphatic rings. The Morgan fingerprint density at radius 1 is 1.47 bits per heavy atom. The first-order valence-corrected chi connectivity index (χ1v) is 5.28. The minimum absolute atomic E-state index is 0.00699. The molecular formula is C12H15NO2. The molecule has 0 unspecified atom stereocenters. The molecule has 3 heteroatoms. The number of para-hydroxylation sites is 1. The summed E-state index contributed by atoms with van der Waals surface area (Å²) in [4.78, 5) is 13.9. The molecule has 0 aromatic heterocycles. The second-order valence-corrected chi connectivity index (χ2v) is 3.72. The third-order valence-electron chi connectivity index (χ3n) is 2.90. The normalized spacial score (nSPS) is 15.3. The highest BCUT2D eigenvalue weighted by Gasteiger charge is 2.23. The van der Waals surface area contributed by atoms with Gasteiger partial charge in [-0.2, -0.15) is 0 Å². The molecule has 0 bridgehead atoms. The van der Waals surface area contributed by atoms with Gasteiger partial charge >= 0.3 is 0 Å². The Morgan fingerprint density at radius 3 is 2.93 bits per heavy atom. The SMILES string of the molecule is CCN1CCC(=O)c2cccc(CO)c21. The number of anilines is 1. The largest absolute Gasteiger partial charge is 0.392 e. The lowest BCUT2D eigenvalue weighted by atomic mass is 9.97. The first-order chi connectivity index (χ1) is 7.27. The van der Waals surface area contributed by atoms with E-state index < -0.39 is 0 Å². The Kier molecular flexibility index (Phi) is 2.73. The van der Waals surface area contributed by atoms with Crippen molar-refractivity contribution >= 4 is 11.5 Å². The lowest BCUT2D eigenvalue weighted by Crippen LogP contribution is -2.32. The molecule has 3 nitrogen and oxygen atoms in total. The van der Waals surface area contributed by atoms with E-state index in [9.17, 15) is 9.90 Å². The Hall–Kier alpha value is -1.35. The van der Waals surface area contributed by atoms with Crippen LogP contribution in [0, 0.1) is 0 Å². The number of aliphatic hydroxyl groups excluding tert-OH is 1. The summed E-state index contributed by atoms with van der Waals surface area (Å²) in [7, 11) is 0. The number of nitrogens with zero attached hydrogens (tertiary/aromatic N) is 1. The Balaban J connectivity index is 2.56. The monoisotopic (exact) mass is 205 g/mol. The summed E-state index contributed by atoms with van der Waals surface area (Å²) in [5, 5.41) is 9.26. The molecule has 0 saturated carbocycles. The summed E-state index contributed by atoms with van der Waals surface area (Å²) >= 11 is 0. The number of Topliss-reactive ketones (excluding diaryl/α,β-unsaturated/α-hetero) is 1. The van der Waals surface area contributed by atoms with Crippen molar-refractivity contribution in [2.24, 2.45) is 0 Å². The topological polar surface area (TPSA) is 40.5 Å². The van der Waals surface area contributed by atoms with Crippen LogP contribution in [-0.2, 0) is 6.61 Å². The standard InChI is InChI=1S/C12H15NO2/c1-2-13-7-6-11(15)10-5-3-4-9(8-14)12(10)13/h3-5,14H,2,6-8H2,1H3. The van der Waals surface area contributed by atoms with Crippen LogP contribution in [0.4, 0.5) is 5.69 Å². The van der Waals surface area contributed by atoms with Gasteiger partial charge in [0.25, 0.3) is 0 Å². The van der Waals surface area contributed by atoms with Crippen molar-refractivity contribution in [3.8, 4) is 0 Å². The van der Waals surface area contributed by atoms with Crippen molar-refractivity contribution in [3.63, 3.8) is 0 Å². The molecule has 2 rings (SSSR count). The number of hydrogen-bond donors (Lipinski definition) is 1. The van der Waals surface area contributed by atoms with Crippen LogP contribution < -0.4 is 4.90 Å². The fourth-order valence-electron chi connectivity index (χ4n) is 2.12. The molecular weight excluding hydrogens is 190 g/mol. The lowest BCUT2D eigenvalue weighted by molar-refractivity contribution is 0.0980. The minimum atomic E-state index is -0.00699. The first-order valence-electron chi connectivity index (χ1n) is 5.28. The van der Waals surface area contributed by atoms with Gasteiger partial charge in [0.15, 0.2) is 5.78 Å². The van der Waals surface area contributed by atoms with Crippen LogP contribution >= 0.6 is 0 Å². The van der Waals surface area contributed by atoms with Crippen LogP contribution in [0.2, 0.25) is 0 Å². The van der Waals surface area contributed by atoms with Crippen molar-refractivity contribution in [1.82, 2.24) is 0 Å². The van der Waals surface area contributed by atoms with Gasteiger partial charge in [0.2, 0.25) is 0 Å². The highest BCUT2D eigenvalue weighted by atomic mass is 16.3. The quantitative estimate of drug-likeness (QED) is 0.797. The van der Waals surface area contributed by atoms with E-state index in [-0.39, 0.29) is 12.4 Å². The average molecular weight is 205 g/mol. The smallest absolute Gasteiger partial charge is 0.166 e. The van der Waals surface area contributed by atoms with E-state index in [2.05, 4.69) is 11.8 Å². The van der Waals surface area contributed by atoms with E-state index in [0.717, 1.165) is 29.9 Å². The molecule has 1 aliphatic heterocycles. The van der Waals surface area contributed by atoms with Gasteiger partial charge in [-0.3, -0.25) is 4.79 Å². The predicted octanol–water partition coefficient (Wildman–Crippen LogP) is 1.59. The van der Waals surface area contributed by atoms with Gasteiger partial charge < -0.3 is 10.0 Å². The fraction of sp³-hybridized carbons (Fsp3) is 0.417. The molecule has 1 heterocycles. The van der Waals surface area contributed by atoms with Gasteiger partial charge in [-0.25, -0.2) is 0 Å². The zero-order chi connectivity index (χ0) is 10.8. The maximum absolute atomic E-state index is 11.7. The maximum Gasteiger partial charge on any atom is 0.166 e. The molecule has 80 valence electrons. The highest BCUT2D eigenvalue weighted by Crippen LogP contribution is 2.30. The summed E-state index contributed by atoms with van der Waals surface area (Å²) in [6.45, 7) is 3.69. The fourth-order valence-corrected chi connectivity index (χ4v) is 2.12. The molecule has 0 radical (unpaired) electrons. The van der Waals surface area contributed by atoms with E-state index in [4.69, 9.17) is 0 Å². The van der Waals surface area contributed by atoms with Gasteiger partial charge in [-0.05, 0) is 13.0 Å². The molecule has 0 fully saturated rings. The average Bonchev–Trinajstić information content (AvgIpc) is 2.29. The van der Waals surface area contributed by atoms with Gasteiger partial charge in [0.05, 0.1) is 12.3 Å². The van der Waals surface area contributed by atoms with Crippen molar-refractivity contribution in [2.75, 3.05) is 18.0 Å². The van der Waals surface area contributed by atoms with Gasteiger partial charge in [-0.15, -0.1) is 0 Å². The summed E-state index contributed by atoms with van der Waals surface area (Å²) < 4.78 is 0. The summed E-state index contributed by atoms with van der Waals surface area (Å²) in [6, 6.07) is 5.56. The van der Waals surface area contributed by atoms with E-state index >= 15 is 0 Å². The Morgan fingerprint density at radius 2 is 2.27 bits per heavy atom. The first kappa shape index (κ1) is 10.2. The van der Waals surface area contributed by atoms with Gasteiger partial charge in [0, 0.05) is 30.6 Å². The van der Waals surface area contributed by atoms with Crippen molar-refractivity contribution in [2.45, 2.75) is 20.0 Å². The van der Waals surface area contributed by atoms with Crippen LogP contribution in [0.15, 0.2) is 18.2 Å². The molecule has 0 spiro atoms. The van der Waals surface area contributed by atoms with Crippen LogP contribution in [0.5, 0.6) is 0 Å². The van der Waals surface area contributed by atoms with Crippen molar-refractivity contribution in [1.29, 1.82) is 0 Å². The number of aliphatic hydroxyl groups is 1. The third kappa shape index (κ3) is 1.63. The number of benzene rings is 1. The Labute approximate surface area is 89.3 Å². The molecule has 1 aromatic rings. The molecule has 1 aromatic carbocycles. The molecule has 1 N–H and O–H groups in total. The van der Waals surface area contributed by atoms with Crippen molar-refractivity contribution in [3.05, 3.63) is 29.3 Å². The van der Waals surface area contributed by atoms with E-state index in [1.165, 1.54) is 0 Å². The van der Waals surface area contributed by atoms with Gasteiger partial charge in [-0.1, -0.05) is 12.1 Å². The van der Waals surface area contributed by atoms with E-state index in [1.807, 2.05) is 18.2 Å². The lowest BCUT2D eigenvalue weighted by Gasteiger charge is -2.31. The van der Waals surface area contributed by atoms with Crippen LogP contribution in [0.3, 0.4) is 0 Å². The number of carbonyl (C=O) groups excluding carboxylic acids is 1. The van der Waals surface area contributed by atoms with Crippen LogP contribution in [0.1, 0.15) is 29.3 Å². The number of carbonyl (C=O) groups is 1.